The minimum Gasteiger partial charge on any atom is -0.370 e. The van der Waals surface area contributed by atoms with Gasteiger partial charge in [0.1, 0.15) is 0 Å². The summed E-state index contributed by atoms with van der Waals surface area (Å²) in [4.78, 5) is 20.5. The number of aliphatic imine (C=N–C) groups is 2. The third-order valence-electron chi connectivity index (χ3n) is 3.13. The summed E-state index contributed by atoms with van der Waals surface area (Å²) in [7, 11) is 0. The molecule has 1 amide bonds. The number of nitrogens with two attached hydrogens (primary N) is 1. The van der Waals surface area contributed by atoms with Gasteiger partial charge in [-0.1, -0.05) is 30.3 Å². The summed E-state index contributed by atoms with van der Waals surface area (Å²) in [5.74, 6) is -0.0797. The third kappa shape index (κ3) is 1.62. The molecular weight excluding hydrogens is 230 g/mol. The quantitative estimate of drug-likeness (QED) is 0.645. The number of carbonyl (C=O) groups is 1. The highest BCUT2D eigenvalue weighted by Crippen LogP contribution is 2.28. The van der Waals surface area contributed by atoms with Crippen molar-refractivity contribution in [2.45, 2.75) is 18.1 Å². The van der Waals surface area contributed by atoms with Gasteiger partial charge < -0.3 is 11.1 Å². The van der Waals surface area contributed by atoms with Crippen molar-refractivity contribution in [3.05, 3.63) is 35.9 Å². The number of guanidine groups is 1. The largest absolute Gasteiger partial charge is 0.370 e. The van der Waals surface area contributed by atoms with Crippen LogP contribution in [0.1, 0.15) is 5.56 Å². The number of carbonyl (C=O) groups excluding carboxylic acids is 1. The van der Waals surface area contributed by atoms with E-state index in [9.17, 15) is 4.79 Å². The smallest absolute Gasteiger partial charge is 0.253 e. The average Bonchev–Trinajstić information content (AvgIpc) is 2.73. The molecule has 0 fully saturated rings. The molecule has 2 atom stereocenters. The standard InChI is InChI=1S/C12H13N5O/c13-11-16-10(18)9-12(17-11,15-7-14-9)6-8-4-2-1-3-5-8/h1-5,7,9H,6H2,(H,14,15)(H3,13,16,17,18). The summed E-state index contributed by atoms with van der Waals surface area (Å²) in [6.07, 6.45) is 2.06. The normalized spacial score (nSPS) is 29.2. The van der Waals surface area contributed by atoms with Crippen LogP contribution in [0.5, 0.6) is 0 Å². The van der Waals surface area contributed by atoms with Crippen molar-refractivity contribution in [1.82, 2.24) is 10.6 Å². The monoisotopic (exact) mass is 243 g/mol. The molecule has 92 valence electrons. The van der Waals surface area contributed by atoms with Crippen molar-refractivity contribution in [2.24, 2.45) is 15.7 Å². The van der Waals surface area contributed by atoms with Crippen LogP contribution >= 0.6 is 0 Å². The summed E-state index contributed by atoms with van der Waals surface area (Å²) in [6.45, 7) is 0. The zero-order valence-electron chi connectivity index (χ0n) is 9.63. The molecule has 0 saturated carbocycles. The zero-order valence-corrected chi connectivity index (χ0v) is 9.63. The van der Waals surface area contributed by atoms with Crippen LogP contribution in [0, 0.1) is 0 Å². The number of benzene rings is 1. The van der Waals surface area contributed by atoms with E-state index in [4.69, 9.17) is 5.73 Å². The minimum atomic E-state index is -0.853. The Balaban J connectivity index is 1.98. The van der Waals surface area contributed by atoms with E-state index >= 15 is 0 Å². The summed E-state index contributed by atoms with van der Waals surface area (Å²) in [5.41, 5.74) is 5.85. The van der Waals surface area contributed by atoms with Crippen LogP contribution in [0.25, 0.3) is 0 Å². The van der Waals surface area contributed by atoms with Crippen molar-refractivity contribution in [1.29, 1.82) is 0 Å². The molecule has 2 aliphatic rings. The Kier molecular flexibility index (Phi) is 2.29. The lowest BCUT2D eigenvalue weighted by molar-refractivity contribution is -0.123. The molecule has 18 heavy (non-hydrogen) atoms. The van der Waals surface area contributed by atoms with Gasteiger partial charge >= 0.3 is 0 Å². The Labute approximate surface area is 104 Å². The van der Waals surface area contributed by atoms with Crippen LogP contribution in [-0.4, -0.2) is 29.9 Å². The Bertz CT molecular complexity index is 539. The Morgan fingerprint density at radius 1 is 1.33 bits per heavy atom. The van der Waals surface area contributed by atoms with Gasteiger partial charge in [0, 0.05) is 6.42 Å². The van der Waals surface area contributed by atoms with E-state index in [2.05, 4.69) is 20.6 Å². The van der Waals surface area contributed by atoms with Gasteiger partial charge in [-0.25, -0.2) is 9.98 Å². The first-order valence-electron chi connectivity index (χ1n) is 5.69. The Morgan fingerprint density at radius 3 is 2.89 bits per heavy atom. The van der Waals surface area contributed by atoms with Crippen LogP contribution in [-0.2, 0) is 11.2 Å². The molecule has 0 aliphatic carbocycles. The molecule has 3 rings (SSSR count). The first-order chi connectivity index (χ1) is 8.70. The van der Waals surface area contributed by atoms with Crippen molar-refractivity contribution in [2.75, 3.05) is 0 Å². The summed E-state index contributed by atoms with van der Waals surface area (Å²) >= 11 is 0. The van der Waals surface area contributed by atoms with Crippen molar-refractivity contribution >= 4 is 18.2 Å². The lowest BCUT2D eigenvalue weighted by atomic mass is 9.92. The van der Waals surface area contributed by atoms with Crippen LogP contribution in [0.2, 0.25) is 0 Å². The maximum atomic E-state index is 11.9. The van der Waals surface area contributed by atoms with E-state index in [0.717, 1.165) is 5.56 Å². The van der Waals surface area contributed by atoms with Crippen LogP contribution < -0.4 is 16.4 Å². The molecule has 2 aliphatic heterocycles. The van der Waals surface area contributed by atoms with Crippen LogP contribution in [0.4, 0.5) is 0 Å². The molecule has 2 unspecified atom stereocenters. The van der Waals surface area contributed by atoms with Gasteiger partial charge in [-0.15, -0.1) is 0 Å². The average molecular weight is 243 g/mol. The molecule has 0 saturated heterocycles. The van der Waals surface area contributed by atoms with Gasteiger partial charge in [0.05, 0.1) is 6.34 Å². The second-order valence-electron chi connectivity index (χ2n) is 4.39. The fourth-order valence-corrected chi connectivity index (χ4v) is 2.33. The first-order valence-corrected chi connectivity index (χ1v) is 5.69. The molecule has 0 aromatic heterocycles. The van der Waals surface area contributed by atoms with E-state index < -0.39 is 11.7 Å². The lowest BCUT2D eigenvalue weighted by Gasteiger charge is -2.32. The molecule has 4 N–H and O–H groups in total. The second kappa shape index (κ2) is 3.83. The van der Waals surface area contributed by atoms with E-state index in [1.165, 1.54) is 6.34 Å². The van der Waals surface area contributed by atoms with Gasteiger partial charge in [0.15, 0.2) is 17.7 Å². The van der Waals surface area contributed by atoms with Gasteiger partial charge in [-0.05, 0) is 5.56 Å². The molecule has 0 bridgehead atoms. The first kappa shape index (κ1) is 10.8. The molecule has 1 aromatic rings. The van der Waals surface area contributed by atoms with Gasteiger partial charge in [0.2, 0.25) is 0 Å². The number of hydrogen-bond donors (Lipinski definition) is 3. The number of fused-ring (bicyclic) bond motifs is 1. The molecule has 6 nitrogen and oxygen atoms in total. The SMILES string of the molecule is NC1=NC2(Cc3ccccc3)N=CNC2C(=O)N1. The highest BCUT2D eigenvalue weighted by molar-refractivity contribution is 6.03. The highest BCUT2D eigenvalue weighted by Gasteiger charge is 2.48. The van der Waals surface area contributed by atoms with Crippen LogP contribution in [0.3, 0.4) is 0 Å². The molecule has 0 spiro atoms. The summed E-state index contributed by atoms with van der Waals surface area (Å²) < 4.78 is 0. The Hall–Kier alpha value is -2.37. The van der Waals surface area contributed by atoms with E-state index in [1.807, 2.05) is 30.3 Å². The van der Waals surface area contributed by atoms with E-state index in [0.29, 0.717) is 6.42 Å². The highest BCUT2D eigenvalue weighted by atomic mass is 16.2. The molecule has 1 aromatic carbocycles. The predicted molar refractivity (Wildman–Crippen MR) is 68.1 cm³/mol. The lowest BCUT2D eigenvalue weighted by Crippen LogP contribution is -2.61. The van der Waals surface area contributed by atoms with Crippen LogP contribution in [0.15, 0.2) is 40.3 Å². The number of amides is 1. The minimum absolute atomic E-state index is 0.119. The van der Waals surface area contributed by atoms with Gasteiger partial charge in [0.25, 0.3) is 5.91 Å². The zero-order chi connectivity index (χ0) is 12.6. The maximum Gasteiger partial charge on any atom is 0.253 e. The molecular formula is C12H13N5O. The number of hydrogen-bond acceptors (Lipinski definition) is 5. The number of nitrogens with one attached hydrogen (secondary N) is 2. The fraction of sp³-hybridized carbons (Fsp3) is 0.250. The van der Waals surface area contributed by atoms with E-state index in [1.54, 1.807) is 0 Å². The summed E-state index contributed by atoms with van der Waals surface area (Å²) in [5, 5.41) is 5.43. The van der Waals surface area contributed by atoms with Crippen molar-refractivity contribution in [3.8, 4) is 0 Å². The van der Waals surface area contributed by atoms with E-state index in [-0.39, 0.29) is 11.9 Å². The predicted octanol–water partition coefficient (Wildman–Crippen LogP) is -0.630. The number of nitrogens with zero attached hydrogens (tertiary/aromatic N) is 2. The second-order valence-corrected chi connectivity index (χ2v) is 4.39. The van der Waals surface area contributed by atoms with Gasteiger partial charge in [-0.3, -0.25) is 10.1 Å². The van der Waals surface area contributed by atoms with Crippen molar-refractivity contribution < 1.29 is 4.79 Å². The molecule has 0 radical (unpaired) electrons. The topological polar surface area (TPSA) is 91.9 Å². The fourth-order valence-electron chi connectivity index (χ4n) is 2.33. The molecule has 2 heterocycles. The third-order valence-corrected chi connectivity index (χ3v) is 3.13. The van der Waals surface area contributed by atoms with Crippen molar-refractivity contribution in [3.63, 3.8) is 0 Å². The maximum absolute atomic E-state index is 11.9. The number of rotatable bonds is 2. The Morgan fingerprint density at radius 2 is 2.11 bits per heavy atom. The summed E-state index contributed by atoms with van der Waals surface area (Å²) in [6, 6.07) is 9.31. The molecule has 6 heteroatoms. The van der Waals surface area contributed by atoms with Gasteiger partial charge in [-0.2, -0.15) is 0 Å².